The summed E-state index contributed by atoms with van der Waals surface area (Å²) in [6.07, 6.45) is 0. The Labute approximate surface area is 125 Å². The highest BCUT2D eigenvalue weighted by Gasteiger charge is 2.12. The maximum absolute atomic E-state index is 11.1. The lowest BCUT2D eigenvalue weighted by Gasteiger charge is -2.15. The van der Waals surface area contributed by atoms with E-state index in [1.54, 1.807) is 27.2 Å². The Hall–Kier alpha value is -1.79. The Morgan fingerprint density at radius 2 is 2.14 bits per heavy atom. The van der Waals surface area contributed by atoms with Crippen LogP contribution in [-0.2, 0) is 16.1 Å². The van der Waals surface area contributed by atoms with Gasteiger partial charge >= 0.3 is 0 Å². The molecule has 6 heteroatoms. The number of nitrogens with one attached hydrogen (secondary N) is 1. The van der Waals surface area contributed by atoms with Gasteiger partial charge in [0, 0.05) is 31.8 Å². The fraction of sp³-hybridized carbons (Fsp3) is 0.533. The number of carbonyl (C=O) groups is 1. The molecule has 0 heterocycles. The Kier molecular flexibility index (Phi) is 7.56. The van der Waals surface area contributed by atoms with Crippen LogP contribution in [0.1, 0.15) is 12.5 Å². The van der Waals surface area contributed by atoms with Crippen LogP contribution in [0.2, 0.25) is 0 Å². The van der Waals surface area contributed by atoms with Crippen molar-refractivity contribution < 1.29 is 19.0 Å². The van der Waals surface area contributed by atoms with Gasteiger partial charge in [-0.05, 0) is 6.07 Å². The molecule has 0 saturated carbocycles. The molecule has 1 atom stereocenters. The van der Waals surface area contributed by atoms with E-state index in [0.29, 0.717) is 24.7 Å². The van der Waals surface area contributed by atoms with Crippen LogP contribution in [0.25, 0.3) is 0 Å². The van der Waals surface area contributed by atoms with E-state index in [1.165, 1.54) is 0 Å². The monoisotopic (exact) mass is 296 g/mol. The SMILES string of the molecule is COCCNCc1ccc(OC)cc1OCC(C)C(N)=O. The second kappa shape index (κ2) is 9.20. The number of hydrogen-bond acceptors (Lipinski definition) is 5. The number of ether oxygens (including phenoxy) is 3. The van der Waals surface area contributed by atoms with Gasteiger partial charge in [0.15, 0.2) is 0 Å². The summed E-state index contributed by atoms with van der Waals surface area (Å²) in [7, 11) is 3.26. The van der Waals surface area contributed by atoms with Crippen molar-refractivity contribution in [3.8, 4) is 11.5 Å². The number of primary amides is 1. The number of hydrogen-bond donors (Lipinski definition) is 2. The topological polar surface area (TPSA) is 82.8 Å². The van der Waals surface area contributed by atoms with E-state index in [4.69, 9.17) is 19.9 Å². The van der Waals surface area contributed by atoms with Crippen LogP contribution in [0.5, 0.6) is 11.5 Å². The number of carbonyl (C=O) groups excluding carboxylic acids is 1. The lowest BCUT2D eigenvalue weighted by molar-refractivity contribution is -0.122. The fourth-order valence-corrected chi connectivity index (χ4v) is 1.64. The van der Waals surface area contributed by atoms with Crippen LogP contribution >= 0.6 is 0 Å². The van der Waals surface area contributed by atoms with E-state index in [2.05, 4.69) is 5.32 Å². The molecule has 21 heavy (non-hydrogen) atoms. The van der Waals surface area contributed by atoms with Gasteiger partial charge in [-0.25, -0.2) is 0 Å². The van der Waals surface area contributed by atoms with Crippen molar-refractivity contribution in [1.29, 1.82) is 0 Å². The normalized spacial score (nSPS) is 12.0. The fourth-order valence-electron chi connectivity index (χ4n) is 1.64. The predicted octanol–water partition coefficient (Wildman–Crippen LogP) is 0.931. The van der Waals surface area contributed by atoms with Crippen LogP contribution < -0.4 is 20.5 Å². The first kappa shape index (κ1) is 17.3. The maximum Gasteiger partial charge on any atom is 0.223 e. The molecule has 1 aromatic rings. The molecule has 6 nitrogen and oxygen atoms in total. The van der Waals surface area contributed by atoms with Crippen LogP contribution in [-0.4, -0.2) is 39.9 Å². The number of amides is 1. The highest BCUT2D eigenvalue weighted by molar-refractivity contribution is 5.76. The molecule has 0 bridgehead atoms. The van der Waals surface area contributed by atoms with Crippen LogP contribution in [0, 0.1) is 5.92 Å². The molecule has 0 aliphatic heterocycles. The minimum atomic E-state index is -0.377. The molecule has 1 aromatic carbocycles. The smallest absolute Gasteiger partial charge is 0.223 e. The first-order valence-corrected chi connectivity index (χ1v) is 6.87. The van der Waals surface area contributed by atoms with Gasteiger partial charge < -0.3 is 25.3 Å². The van der Waals surface area contributed by atoms with Gasteiger partial charge in [0.05, 0.1) is 26.2 Å². The minimum absolute atomic E-state index is 0.244. The summed E-state index contributed by atoms with van der Waals surface area (Å²) in [4.78, 5) is 11.1. The van der Waals surface area contributed by atoms with Crippen molar-refractivity contribution in [2.24, 2.45) is 11.7 Å². The molecule has 0 spiro atoms. The molecule has 0 aliphatic carbocycles. The average Bonchev–Trinajstić information content (AvgIpc) is 2.49. The first-order chi connectivity index (χ1) is 10.1. The van der Waals surface area contributed by atoms with E-state index in [9.17, 15) is 4.79 Å². The lowest BCUT2D eigenvalue weighted by Crippen LogP contribution is -2.26. The summed E-state index contributed by atoms with van der Waals surface area (Å²) in [6, 6.07) is 5.61. The molecular formula is C15H24N2O4. The molecule has 118 valence electrons. The number of methoxy groups -OCH3 is 2. The van der Waals surface area contributed by atoms with Crippen molar-refractivity contribution in [3.05, 3.63) is 23.8 Å². The summed E-state index contributed by atoms with van der Waals surface area (Å²) in [5.41, 5.74) is 6.23. The van der Waals surface area contributed by atoms with E-state index < -0.39 is 0 Å². The van der Waals surface area contributed by atoms with Crippen molar-refractivity contribution in [2.75, 3.05) is 34.0 Å². The number of rotatable bonds is 10. The van der Waals surface area contributed by atoms with Gasteiger partial charge in [-0.15, -0.1) is 0 Å². The van der Waals surface area contributed by atoms with Crippen LogP contribution in [0.15, 0.2) is 18.2 Å². The molecule has 0 radical (unpaired) electrons. The van der Waals surface area contributed by atoms with Crippen molar-refractivity contribution >= 4 is 5.91 Å². The van der Waals surface area contributed by atoms with Gasteiger partial charge in [-0.2, -0.15) is 0 Å². The van der Waals surface area contributed by atoms with Gasteiger partial charge in [0.25, 0.3) is 0 Å². The molecule has 3 N–H and O–H groups in total. The van der Waals surface area contributed by atoms with Gasteiger partial charge in [-0.1, -0.05) is 13.0 Å². The molecule has 1 rings (SSSR count). The van der Waals surface area contributed by atoms with Crippen molar-refractivity contribution in [3.63, 3.8) is 0 Å². The minimum Gasteiger partial charge on any atom is -0.497 e. The quantitative estimate of drug-likeness (QED) is 0.628. The molecule has 0 aromatic heterocycles. The van der Waals surface area contributed by atoms with E-state index >= 15 is 0 Å². The second-order valence-electron chi connectivity index (χ2n) is 4.76. The summed E-state index contributed by atoms with van der Waals surface area (Å²) in [6.45, 7) is 4.02. The molecule has 1 unspecified atom stereocenters. The van der Waals surface area contributed by atoms with Gasteiger partial charge in [0.2, 0.25) is 5.91 Å². The standard InChI is InChI=1S/C15H24N2O4/c1-11(15(16)18)10-21-14-8-13(20-3)5-4-12(14)9-17-6-7-19-2/h4-5,8,11,17H,6-7,9-10H2,1-3H3,(H2,16,18). The van der Waals surface area contributed by atoms with E-state index in [-0.39, 0.29) is 18.4 Å². The molecule has 0 fully saturated rings. The lowest BCUT2D eigenvalue weighted by atomic mass is 10.1. The van der Waals surface area contributed by atoms with Crippen molar-refractivity contribution in [2.45, 2.75) is 13.5 Å². The summed E-state index contributed by atoms with van der Waals surface area (Å²) in [5, 5.41) is 3.25. The Morgan fingerprint density at radius 3 is 2.76 bits per heavy atom. The Bertz CT molecular complexity index is 451. The van der Waals surface area contributed by atoms with Gasteiger partial charge in [0.1, 0.15) is 11.5 Å². The number of nitrogens with two attached hydrogens (primary N) is 1. The zero-order valence-corrected chi connectivity index (χ0v) is 12.8. The van der Waals surface area contributed by atoms with Crippen LogP contribution in [0.4, 0.5) is 0 Å². The molecular weight excluding hydrogens is 272 g/mol. The highest BCUT2D eigenvalue weighted by Crippen LogP contribution is 2.25. The zero-order chi connectivity index (χ0) is 15.7. The summed E-state index contributed by atoms with van der Waals surface area (Å²) in [5.74, 6) is 0.674. The highest BCUT2D eigenvalue weighted by atomic mass is 16.5. The third-order valence-electron chi connectivity index (χ3n) is 3.05. The molecule has 0 aliphatic rings. The van der Waals surface area contributed by atoms with E-state index in [0.717, 1.165) is 12.1 Å². The largest absolute Gasteiger partial charge is 0.497 e. The maximum atomic E-state index is 11.1. The average molecular weight is 296 g/mol. The zero-order valence-electron chi connectivity index (χ0n) is 12.8. The Morgan fingerprint density at radius 1 is 1.38 bits per heavy atom. The van der Waals surface area contributed by atoms with E-state index in [1.807, 2.05) is 12.1 Å². The van der Waals surface area contributed by atoms with Crippen LogP contribution in [0.3, 0.4) is 0 Å². The first-order valence-electron chi connectivity index (χ1n) is 6.87. The molecule has 0 saturated heterocycles. The molecule has 1 amide bonds. The summed E-state index contributed by atoms with van der Waals surface area (Å²) < 4.78 is 15.9. The van der Waals surface area contributed by atoms with Gasteiger partial charge in [-0.3, -0.25) is 4.79 Å². The third-order valence-corrected chi connectivity index (χ3v) is 3.05. The second-order valence-corrected chi connectivity index (χ2v) is 4.76. The number of benzene rings is 1. The summed E-state index contributed by atoms with van der Waals surface area (Å²) >= 11 is 0. The predicted molar refractivity (Wildman–Crippen MR) is 80.4 cm³/mol. The Balaban J connectivity index is 2.69. The van der Waals surface area contributed by atoms with Crippen molar-refractivity contribution in [1.82, 2.24) is 5.32 Å². The third kappa shape index (κ3) is 6.01.